The Kier molecular flexibility index (Phi) is 6.50. The van der Waals surface area contributed by atoms with Crippen molar-refractivity contribution >= 4 is 29.4 Å². The third-order valence-electron chi connectivity index (χ3n) is 3.89. The van der Waals surface area contributed by atoms with Crippen molar-refractivity contribution in [1.82, 2.24) is 15.0 Å². The van der Waals surface area contributed by atoms with E-state index in [1.807, 2.05) is 37.3 Å². The van der Waals surface area contributed by atoms with Crippen molar-refractivity contribution in [3.05, 3.63) is 59.4 Å². The number of benzene rings is 1. The van der Waals surface area contributed by atoms with Gasteiger partial charge in [0.1, 0.15) is 0 Å². The molecular weight excluding hydrogens is 340 g/mol. The number of halogens is 1. The van der Waals surface area contributed by atoms with Crippen LogP contribution in [0.2, 0.25) is 0 Å². The highest BCUT2D eigenvalue weighted by Crippen LogP contribution is 2.18. The predicted octanol–water partition coefficient (Wildman–Crippen LogP) is 2.94. The molecule has 0 spiro atoms. The van der Waals surface area contributed by atoms with Crippen molar-refractivity contribution < 1.29 is 9.32 Å². The van der Waals surface area contributed by atoms with Crippen LogP contribution in [0.5, 0.6) is 0 Å². The third-order valence-corrected chi connectivity index (χ3v) is 3.89. The summed E-state index contributed by atoms with van der Waals surface area (Å²) in [6, 6.07) is 11.7. The molecule has 3 rings (SSSR count). The Bertz CT molecular complexity index is 835. The monoisotopic (exact) mass is 360 g/mol. The summed E-state index contributed by atoms with van der Waals surface area (Å²) in [6.45, 7) is 3.52. The molecule has 132 valence electrons. The largest absolute Gasteiger partial charge is 0.336 e. The molecule has 0 aliphatic rings. The number of fused-ring (bicyclic) bond motifs is 1. The summed E-state index contributed by atoms with van der Waals surface area (Å²) < 4.78 is 5.10. The molecule has 7 heteroatoms. The van der Waals surface area contributed by atoms with E-state index in [0.717, 1.165) is 23.1 Å². The molecule has 25 heavy (non-hydrogen) atoms. The highest BCUT2D eigenvalue weighted by atomic mass is 35.5. The van der Waals surface area contributed by atoms with Crippen LogP contribution in [0.25, 0.3) is 11.1 Å². The molecule has 3 aromatic rings. The molecule has 0 saturated carbocycles. The van der Waals surface area contributed by atoms with Crippen molar-refractivity contribution in [3.63, 3.8) is 0 Å². The van der Waals surface area contributed by atoms with Crippen LogP contribution in [0.15, 0.2) is 47.1 Å². The quantitative estimate of drug-likeness (QED) is 0.730. The molecule has 0 aliphatic carbocycles. The van der Waals surface area contributed by atoms with Crippen LogP contribution < -0.4 is 5.73 Å². The Morgan fingerprint density at radius 2 is 2.04 bits per heavy atom. The van der Waals surface area contributed by atoms with Gasteiger partial charge in [0.15, 0.2) is 0 Å². The minimum absolute atomic E-state index is 0. The second kappa shape index (κ2) is 8.60. The lowest BCUT2D eigenvalue weighted by atomic mass is 10.1. The van der Waals surface area contributed by atoms with Crippen LogP contribution in [0.1, 0.15) is 28.0 Å². The molecule has 2 heterocycles. The van der Waals surface area contributed by atoms with Gasteiger partial charge in [-0.25, -0.2) is 4.98 Å². The van der Waals surface area contributed by atoms with Gasteiger partial charge >= 0.3 is 0 Å². The van der Waals surface area contributed by atoms with Crippen molar-refractivity contribution in [3.8, 4) is 0 Å². The fourth-order valence-corrected chi connectivity index (χ4v) is 2.58. The summed E-state index contributed by atoms with van der Waals surface area (Å²) in [6.07, 6.45) is 2.29. The highest BCUT2D eigenvalue weighted by molar-refractivity contribution is 5.97. The Balaban J connectivity index is 0.00000225. The topological polar surface area (TPSA) is 85.2 Å². The second-order valence-electron chi connectivity index (χ2n) is 5.70. The summed E-state index contributed by atoms with van der Waals surface area (Å²) in [7, 11) is 0. The first-order valence-electron chi connectivity index (χ1n) is 7.94. The fourth-order valence-electron chi connectivity index (χ4n) is 2.58. The van der Waals surface area contributed by atoms with Gasteiger partial charge in [0, 0.05) is 19.3 Å². The summed E-state index contributed by atoms with van der Waals surface area (Å²) in [5, 5.41) is 4.64. The number of nitrogens with zero attached hydrogens (tertiary/aromatic N) is 3. The van der Waals surface area contributed by atoms with Gasteiger partial charge in [-0.2, -0.15) is 0 Å². The first-order chi connectivity index (χ1) is 11.7. The molecule has 0 fully saturated rings. The summed E-state index contributed by atoms with van der Waals surface area (Å²) in [4.78, 5) is 18.9. The number of hydrogen-bond donors (Lipinski definition) is 1. The molecule has 0 atom stereocenters. The van der Waals surface area contributed by atoms with Gasteiger partial charge in [0.05, 0.1) is 16.6 Å². The number of carbonyl (C=O) groups is 1. The molecule has 6 nitrogen and oxygen atoms in total. The predicted molar refractivity (Wildman–Crippen MR) is 98.6 cm³/mol. The first kappa shape index (κ1) is 18.9. The number of pyridine rings is 1. The van der Waals surface area contributed by atoms with Crippen LogP contribution in [-0.2, 0) is 6.54 Å². The minimum Gasteiger partial charge on any atom is -0.336 e. The van der Waals surface area contributed by atoms with Crippen LogP contribution in [0.4, 0.5) is 0 Å². The van der Waals surface area contributed by atoms with E-state index in [4.69, 9.17) is 10.3 Å². The molecule has 1 aromatic carbocycles. The lowest BCUT2D eigenvalue weighted by Gasteiger charge is -2.22. The number of hydrogen-bond acceptors (Lipinski definition) is 5. The fraction of sp³-hybridized carbons (Fsp3) is 0.278. The number of rotatable bonds is 6. The van der Waals surface area contributed by atoms with Gasteiger partial charge in [-0.3, -0.25) is 4.79 Å². The Hall–Kier alpha value is -2.44. The van der Waals surface area contributed by atoms with Crippen molar-refractivity contribution in [2.45, 2.75) is 19.9 Å². The molecule has 0 radical (unpaired) electrons. The molecule has 1 amide bonds. The lowest BCUT2D eigenvalue weighted by Crippen LogP contribution is -2.32. The summed E-state index contributed by atoms with van der Waals surface area (Å²) >= 11 is 0. The van der Waals surface area contributed by atoms with E-state index in [1.165, 1.54) is 6.20 Å². The van der Waals surface area contributed by atoms with Crippen molar-refractivity contribution in [1.29, 1.82) is 0 Å². The van der Waals surface area contributed by atoms with Gasteiger partial charge in [-0.15, -0.1) is 12.4 Å². The third kappa shape index (κ3) is 4.35. The first-order valence-corrected chi connectivity index (χ1v) is 7.94. The van der Waals surface area contributed by atoms with Crippen LogP contribution in [0, 0.1) is 6.92 Å². The molecular formula is C18H21ClN4O2. The lowest BCUT2D eigenvalue weighted by molar-refractivity contribution is 0.0742. The number of aromatic nitrogens is 2. The van der Waals surface area contributed by atoms with E-state index >= 15 is 0 Å². The molecule has 0 saturated heterocycles. The van der Waals surface area contributed by atoms with E-state index in [-0.39, 0.29) is 18.3 Å². The molecule has 2 aromatic heterocycles. The summed E-state index contributed by atoms with van der Waals surface area (Å²) in [5.74, 6) is -0.0673. The van der Waals surface area contributed by atoms with Crippen LogP contribution in [0.3, 0.4) is 0 Å². The highest BCUT2D eigenvalue weighted by Gasteiger charge is 2.18. The van der Waals surface area contributed by atoms with E-state index in [1.54, 1.807) is 11.0 Å². The van der Waals surface area contributed by atoms with Crippen LogP contribution >= 0.6 is 12.4 Å². The zero-order chi connectivity index (χ0) is 16.9. The molecule has 0 bridgehead atoms. The summed E-state index contributed by atoms with van der Waals surface area (Å²) in [5.41, 5.74) is 8.40. The zero-order valence-electron chi connectivity index (χ0n) is 14.0. The van der Waals surface area contributed by atoms with Gasteiger partial charge < -0.3 is 15.2 Å². The molecule has 2 N–H and O–H groups in total. The van der Waals surface area contributed by atoms with Gasteiger partial charge in [-0.05, 0) is 31.5 Å². The van der Waals surface area contributed by atoms with Gasteiger partial charge in [0.25, 0.3) is 11.6 Å². The SMILES string of the molecule is Cc1noc2ncc(C(=O)N(CCCN)Cc3ccccc3)cc12.Cl. The average molecular weight is 361 g/mol. The maximum Gasteiger partial charge on any atom is 0.257 e. The second-order valence-corrected chi connectivity index (χ2v) is 5.70. The normalized spacial score (nSPS) is 10.5. The van der Waals surface area contributed by atoms with Gasteiger partial charge in [-0.1, -0.05) is 35.5 Å². The standard InChI is InChI=1S/C18H20N4O2.ClH/c1-13-16-10-15(11-20-17(16)24-21-13)18(23)22(9-5-8-19)12-14-6-3-2-4-7-14;/h2-4,6-7,10-11H,5,8-9,12,19H2,1H3;1H. The number of amides is 1. The van der Waals surface area contributed by atoms with E-state index in [0.29, 0.717) is 30.9 Å². The molecule has 0 unspecified atom stereocenters. The maximum atomic E-state index is 12.9. The Morgan fingerprint density at radius 1 is 1.28 bits per heavy atom. The number of carbonyl (C=O) groups excluding carboxylic acids is 1. The molecule has 0 aliphatic heterocycles. The van der Waals surface area contributed by atoms with E-state index in [2.05, 4.69) is 10.1 Å². The van der Waals surface area contributed by atoms with Crippen LogP contribution in [-0.4, -0.2) is 34.0 Å². The Labute approximate surface area is 152 Å². The van der Waals surface area contributed by atoms with E-state index in [9.17, 15) is 4.79 Å². The maximum absolute atomic E-state index is 12.9. The Morgan fingerprint density at radius 3 is 2.76 bits per heavy atom. The number of nitrogens with two attached hydrogens (primary N) is 1. The average Bonchev–Trinajstić information content (AvgIpc) is 2.99. The van der Waals surface area contributed by atoms with Crippen molar-refractivity contribution in [2.75, 3.05) is 13.1 Å². The minimum atomic E-state index is -0.0673. The number of aryl methyl sites for hydroxylation is 1. The zero-order valence-corrected chi connectivity index (χ0v) is 14.8. The smallest absolute Gasteiger partial charge is 0.257 e. The van der Waals surface area contributed by atoms with E-state index < -0.39 is 0 Å². The van der Waals surface area contributed by atoms with Gasteiger partial charge in [0.2, 0.25) is 0 Å². The van der Waals surface area contributed by atoms with Crippen molar-refractivity contribution in [2.24, 2.45) is 5.73 Å².